The molecule has 0 amide bonds. The van der Waals surface area contributed by atoms with Gasteiger partial charge >= 0.3 is 0 Å². The van der Waals surface area contributed by atoms with Crippen molar-refractivity contribution in [2.75, 3.05) is 12.5 Å². The molecule has 4 aromatic rings. The van der Waals surface area contributed by atoms with Crippen LogP contribution in [0.4, 0.5) is 5.13 Å². The van der Waals surface area contributed by atoms with E-state index in [0.717, 1.165) is 27.3 Å². The standard InChI is InChI=1S/C23H18ClN3O2S/c1-29-20-13-15(7-12-19(20)28)14-25-27-23-26-21(16-8-10-18(24)11-9-16)22(30-23)17-5-3-2-4-6-17/h2-14,28H,1H3,(H,26,27)/b25-14+. The van der Waals surface area contributed by atoms with Crippen molar-refractivity contribution in [1.82, 2.24) is 4.98 Å². The molecule has 0 aliphatic heterocycles. The maximum absolute atomic E-state index is 9.70. The highest BCUT2D eigenvalue weighted by molar-refractivity contribution is 7.19. The number of phenolic OH excluding ortho intramolecular Hbond substituents is 1. The molecule has 0 saturated heterocycles. The van der Waals surface area contributed by atoms with Crippen LogP contribution in [0.25, 0.3) is 21.7 Å². The van der Waals surface area contributed by atoms with E-state index in [2.05, 4.69) is 22.7 Å². The summed E-state index contributed by atoms with van der Waals surface area (Å²) in [6.07, 6.45) is 1.65. The third-order valence-corrected chi connectivity index (χ3v) is 5.62. The number of rotatable bonds is 6. The fourth-order valence-corrected chi connectivity index (χ4v) is 3.96. The Morgan fingerprint density at radius 2 is 1.80 bits per heavy atom. The zero-order valence-corrected chi connectivity index (χ0v) is 17.6. The van der Waals surface area contributed by atoms with Crippen LogP contribution in [0.1, 0.15) is 5.56 Å². The predicted molar refractivity (Wildman–Crippen MR) is 124 cm³/mol. The summed E-state index contributed by atoms with van der Waals surface area (Å²) in [4.78, 5) is 5.79. The number of nitrogens with one attached hydrogen (secondary N) is 1. The zero-order chi connectivity index (χ0) is 20.9. The average Bonchev–Trinajstić information content (AvgIpc) is 3.20. The summed E-state index contributed by atoms with van der Waals surface area (Å²) in [6.45, 7) is 0. The average molecular weight is 436 g/mol. The molecular weight excluding hydrogens is 418 g/mol. The lowest BCUT2D eigenvalue weighted by Crippen LogP contribution is -1.91. The Kier molecular flexibility index (Phi) is 5.97. The molecule has 30 heavy (non-hydrogen) atoms. The van der Waals surface area contributed by atoms with Crippen LogP contribution in [0.15, 0.2) is 77.9 Å². The van der Waals surface area contributed by atoms with Crippen LogP contribution in [0.2, 0.25) is 5.02 Å². The van der Waals surface area contributed by atoms with Crippen LogP contribution in [-0.2, 0) is 0 Å². The van der Waals surface area contributed by atoms with E-state index in [9.17, 15) is 5.11 Å². The molecule has 0 aliphatic carbocycles. The smallest absolute Gasteiger partial charge is 0.204 e. The second-order valence-electron chi connectivity index (χ2n) is 6.37. The van der Waals surface area contributed by atoms with Crippen LogP contribution < -0.4 is 10.2 Å². The van der Waals surface area contributed by atoms with E-state index in [0.29, 0.717) is 15.9 Å². The van der Waals surface area contributed by atoms with Crippen molar-refractivity contribution in [2.24, 2.45) is 5.10 Å². The van der Waals surface area contributed by atoms with Crippen LogP contribution >= 0.6 is 22.9 Å². The molecule has 0 spiro atoms. The minimum absolute atomic E-state index is 0.0858. The third kappa shape index (κ3) is 4.45. The molecule has 1 aromatic heterocycles. The normalized spacial score (nSPS) is 11.0. The van der Waals surface area contributed by atoms with Gasteiger partial charge in [-0.25, -0.2) is 4.98 Å². The summed E-state index contributed by atoms with van der Waals surface area (Å²) in [6, 6.07) is 22.8. The van der Waals surface area contributed by atoms with E-state index in [-0.39, 0.29) is 5.75 Å². The van der Waals surface area contributed by atoms with Gasteiger partial charge in [0, 0.05) is 10.6 Å². The SMILES string of the molecule is COc1cc(/C=N/Nc2nc(-c3ccc(Cl)cc3)c(-c3ccccc3)s2)ccc1O. The quantitative estimate of drug-likeness (QED) is 0.276. The maximum Gasteiger partial charge on any atom is 0.204 e. The number of nitrogens with zero attached hydrogens (tertiary/aromatic N) is 2. The number of thiazole rings is 1. The molecule has 2 N–H and O–H groups in total. The van der Waals surface area contributed by atoms with Crippen molar-refractivity contribution in [3.8, 4) is 33.2 Å². The maximum atomic E-state index is 9.70. The highest BCUT2D eigenvalue weighted by Crippen LogP contribution is 2.39. The van der Waals surface area contributed by atoms with E-state index >= 15 is 0 Å². The lowest BCUT2D eigenvalue weighted by Gasteiger charge is -2.03. The first-order chi connectivity index (χ1) is 14.6. The Labute approximate surface area is 183 Å². The van der Waals surface area contributed by atoms with Gasteiger partial charge in [0.25, 0.3) is 0 Å². The topological polar surface area (TPSA) is 66.7 Å². The van der Waals surface area contributed by atoms with Gasteiger partial charge in [-0.05, 0) is 41.5 Å². The molecule has 1 heterocycles. The van der Waals surface area contributed by atoms with Crippen molar-refractivity contribution >= 4 is 34.3 Å². The Hall–Kier alpha value is -3.35. The second kappa shape index (κ2) is 8.98. The van der Waals surface area contributed by atoms with E-state index in [1.54, 1.807) is 24.4 Å². The largest absolute Gasteiger partial charge is 0.504 e. The molecule has 0 saturated carbocycles. The molecule has 0 atom stereocenters. The molecule has 4 rings (SSSR count). The second-order valence-corrected chi connectivity index (χ2v) is 7.81. The highest BCUT2D eigenvalue weighted by atomic mass is 35.5. The highest BCUT2D eigenvalue weighted by Gasteiger charge is 2.14. The number of ether oxygens (including phenoxy) is 1. The summed E-state index contributed by atoms with van der Waals surface area (Å²) in [5.41, 5.74) is 6.72. The first-order valence-corrected chi connectivity index (χ1v) is 10.3. The molecule has 5 nitrogen and oxygen atoms in total. The summed E-state index contributed by atoms with van der Waals surface area (Å²) in [5, 5.41) is 15.3. The number of aromatic hydroxyl groups is 1. The molecule has 0 unspecified atom stereocenters. The molecule has 0 aliphatic rings. The number of benzene rings is 3. The first kappa shape index (κ1) is 19.9. The van der Waals surface area contributed by atoms with Gasteiger partial charge in [0.2, 0.25) is 5.13 Å². The minimum atomic E-state index is 0.0858. The van der Waals surface area contributed by atoms with Gasteiger partial charge in [0.05, 0.1) is 23.9 Å². The fraction of sp³-hybridized carbons (Fsp3) is 0.0435. The third-order valence-electron chi connectivity index (χ3n) is 4.36. The van der Waals surface area contributed by atoms with Gasteiger partial charge in [-0.3, -0.25) is 5.43 Å². The van der Waals surface area contributed by atoms with Gasteiger partial charge in [0.15, 0.2) is 11.5 Å². The molecule has 7 heteroatoms. The molecule has 0 bridgehead atoms. The Morgan fingerprint density at radius 3 is 2.53 bits per heavy atom. The molecule has 150 valence electrons. The Morgan fingerprint density at radius 1 is 1.03 bits per heavy atom. The van der Waals surface area contributed by atoms with E-state index in [1.807, 2.05) is 42.5 Å². The van der Waals surface area contributed by atoms with Crippen molar-refractivity contribution in [1.29, 1.82) is 0 Å². The van der Waals surface area contributed by atoms with Crippen molar-refractivity contribution < 1.29 is 9.84 Å². The number of hydrogen-bond donors (Lipinski definition) is 2. The number of hydrazone groups is 1. The van der Waals surface area contributed by atoms with Crippen molar-refractivity contribution in [2.45, 2.75) is 0 Å². The first-order valence-electron chi connectivity index (χ1n) is 9.12. The lowest BCUT2D eigenvalue weighted by atomic mass is 10.1. The predicted octanol–water partition coefficient (Wildman–Crippen LogP) is 6.29. The summed E-state index contributed by atoms with van der Waals surface area (Å²) in [5.74, 6) is 0.479. The van der Waals surface area contributed by atoms with Gasteiger partial charge in [-0.2, -0.15) is 5.10 Å². The number of halogens is 1. The zero-order valence-electron chi connectivity index (χ0n) is 16.0. The monoisotopic (exact) mass is 435 g/mol. The van der Waals surface area contributed by atoms with Gasteiger partial charge < -0.3 is 9.84 Å². The molecule has 0 radical (unpaired) electrons. The fourth-order valence-electron chi connectivity index (χ4n) is 2.89. The van der Waals surface area contributed by atoms with Gasteiger partial charge in [-0.1, -0.05) is 65.4 Å². The van der Waals surface area contributed by atoms with E-state index in [4.69, 9.17) is 21.3 Å². The molecule has 0 fully saturated rings. The lowest BCUT2D eigenvalue weighted by molar-refractivity contribution is 0.373. The number of hydrogen-bond acceptors (Lipinski definition) is 6. The van der Waals surface area contributed by atoms with Crippen LogP contribution in [0.3, 0.4) is 0 Å². The number of phenols is 1. The van der Waals surface area contributed by atoms with Crippen molar-refractivity contribution in [3.63, 3.8) is 0 Å². The molecular formula is C23H18ClN3O2S. The Balaban J connectivity index is 1.63. The van der Waals surface area contributed by atoms with Gasteiger partial charge in [0.1, 0.15) is 0 Å². The van der Waals surface area contributed by atoms with Gasteiger partial charge in [-0.15, -0.1) is 0 Å². The molecule has 3 aromatic carbocycles. The minimum Gasteiger partial charge on any atom is -0.504 e. The van der Waals surface area contributed by atoms with E-state index in [1.165, 1.54) is 18.4 Å². The van der Waals surface area contributed by atoms with Crippen molar-refractivity contribution in [3.05, 3.63) is 83.4 Å². The van der Waals surface area contributed by atoms with Crippen LogP contribution in [0.5, 0.6) is 11.5 Å². The number of methoxy groups -OCH3 is 1. The van der Waals surface area contributed by atoms with Crippen LogP contribution in [-0.4, -0.2) is 23.4 Å². The summed E-state index contributed by atoms with van der Waals surface area (Å²) < 4.78 is 5.12. The van der Waals surface area contributed by atoms with E-state index < -0.39 is 0 Å². The van der Waals surface area contributed by atoms with Crippen LogP contribution in [0, 0.1) is 0 Å². The summed E-state index contributed by atoms with van der Waals surface area (Å²) >= 11 is 7.57. The summed E-state index contributed by atoms with van der Waals surface area (Å²) in [7, 11) is 1.51. The number of aromatic nitrogens is 1. The number of anilines is 1. The Bertz CT molecular complexity index is 1180.